The minimum absolute atomic E-state index is 0. The van der Waals surface area contributed by atoms with Crippen molar-refractivity contribution in [3.63, 3.8) is 0 Å². The smallest absolute Gasteiger partial charge is 0.260 e. The van der Waals surface area contributed by atoms with Crippen molar-refractivity contribution < 1.29 is 25.1 Å². The molecule has 0 radical (unpaired) electrons. The van der Waals surface area contributed by atoms with Crippen LogP contribution in [0.4, 0.5) is 4.79 Å². The highest BCUT2D eigenvalue weighted by Crippen LogP contribution is 2.17. The topological polar surface area (TPSA) is 76.0 Å². The van der Waals surface area contributed by atoms with E-state index in [9.17, 15) is 4.79 Å². The van der Waals surface area contributed by atoms with Gasteiger partial charge in [0.05, 0.1) is 0 Å². The van der Waals surface area contributed by atoms with Crippen LogP contribution in [0.25, 0.3) is 11.1 Å². The number of hydrogen-bond acceptors (Lipinski definition) is 5. The molecule has 2 rings (SSSR count). The maximum Gasteiger partial charge on any atom is 0.572 e. The summed E-state index contributed by atoms with van der Waals surface area (Å²) in [6.45, 7) is 0. The Hall–Kier alpha value is -2.37. The lowest BCUT2D eigenvalue weighted by atomic mass is 10.1. The molecule has 0 heterocycles. The summed E-state index contributed by atoms with van der Waals surface area (Å²) in [4.78, 5) is 14.8. The summed E-state index contributed by atoms with van der Waals surface area (Å²) in [5.74, 6) is 0. The molecule has 2 aromatic rings. The van der Waals surface area contributed by atoms with Gasteiger partial charge < -0.3 is 0 Å². The average molecular weight is 264 g/mol. The molecule has 5 heteroatoms. The van der Waals surface area contributed by atoms with Gasteiger partial charge in [0, 0.05) is 0 Å². The molecule has 0 bridgehead atoms. The van der Waals surface area contributed by atoms with Gasteiger partial charge in [0.2, 0.25) is 0 Å². The molecule has 0 saturated carbocycles. The van der Waals surface area contributed by atoms with Crippen molar-refractivity contribution in [2.45, 2.75) is 7.43 Å². The van der Waals surface area contributed by atoms with Crippen LogP contribution < -0.4 is 0 Å². The molecule has 0 aliphatic heterocycles. The summed E-state index contributed by atoms with van der Waals surface area (Å²) in [5.41, 5.74) is 2.55. The molecule has 102 valence electrons. The molecular formula is C14H16O5. The first-order chi connectivity index (χ1) is 8.77. The molecule has 0 saturated heterocycles. The predicted molar refractivity (Wildman–Crippen MR) is 71.4 cm³/mol. The van der Waals surface area contributed by atoms with Gasteiger partial charge >= 0.3 is 6.16 Å². The highest BCUT2D eigenvalue weighted by atomic mass is 17.2. The van der Waals surface area contributed by atoms with Crippen LogP contribution in [0.5, 0.6) is 0 Å². The fraction of sp³-hybridized carbons (Fsp3) is 0.0714. The van der Waals surface area contributed by atoms with Crippen molar-refractivity contribution in [2.24, 2.45) is 0 Å². The molecule has 0 spiro atoms. The van der Waals surface area contributed by atoms with Gasteiger partial charge in [-0.1, -0.05) is 68.1 Å². The zero-order chi connectivity index (χ0) is 13.2. The monoisotopic (exact) mass is 264 g/mol. The maximum atomic E-state index is 9.24. The van der Waals surface area contributed by atoms with Crippen molar-refractivity contribution in [1.29, 1.82) is 0 Å². The lowest BCUT2D eigenvalue weighted by Crippen LogP contribution is -1.99. The SMILES string of the molecule is C.O=C(OO)OO.c1ccc(-c2ccccc2)cc1. The van der Waals surface area contributed by atoms with Gasteiger partial charge in [-0.3, -0.25) is 9.78 Å². The summed E-state index contributed by atoms with van der Waals surface area (Å²) in [6.07, 6.45) is -1.55. The minimum atomic E-state index is -1.55. The Balaban J connectivity index is 0.000000404. The minimum Gasteiger partial charge on any atom is -0.260 e. The first-order valence-electron chi connectivity index (χ1n) is 5.05. The van der Waals surface area contributed by atoms with Crippen LogP contribution >= 0.6 is 0 Å². The summed E-state index contributed by atoms with van der Waals surface area (Å²) in [6, 6.07) is 20.8. The lowest BCUT2D eigenvalue weighted by molar-refractivity contribution is -0.270. The average Bonchev–Trinajstić information content (AvgIpc) is 2.49. The van der Waals surface area contributed by atoms with Crippen molar-refractivity contribution in [3.05, 3.63) is 60.7 Å². The van der Waals surface area contributed by atoms with Crippen LogP contribution in [0, 0.1) is 0 Å². The Kier molecular flexibility index (Phi) is 8.44. The van der Waals surface area contributed by atoms with Crippen molar-refractivity contribution in [1.82, 2.24) is 0 Å². The van der Waals surface area contributed by atoms with E-state index in [0.717, 1.165) is 0 Å². The second-order valence-electron chi connectivity index (χ2n) is 3.16. The standard InChI is InChI=1S/C12H10.CH2O5.CH4/c1-3-7-11(8-4-1)12-9-5-2-6-10-12;2-1(5-3)6-4;/h1-10H;3-4H;1H4. The molecule has 19 heavy (non-hydrogen) atoms. The first kappa shape index (κ1) is 16.6. The molecular weight excluding hydrogens is 248 g/mol. The number of carbonyl (C=O) groups is 1. The molecule has 5 nitrogen and oxygen atoms in total. The van der Waals surface area contributed by atoms with E-state index in [-0.39, 0.29) is 7.43 Å². The van der Waals surface area contributed by atoms with Crippen LogP contribution in [0.15, 0.2) is 60.7 Å². The van der Waals surface area contributed by atoms with E-state index >= 15 is 0 Å². The van der Waals surface area contributed by atoms with Gasteiger partial charge in [-0.05, 0) is 11.1 Å². The van der Waals surface area contributed by atoms with Crippen LogP contribution in [-0.4, -0.2) is 16.7 Å². The molecule has 0 amide bonds. The van der Waals surface area contributed by atoms with Gasteiger partial charge in [0.15, 0.2) is 0 Å². The summed E-state index contributed by atoms with van der Waals surface area (Å²) in [7, 11) is 0. The van der Waals surface area contributed by atoms with Crippen LogP contribution in [0.2, 0.25) is 0 Å². The Morgan fingerprint density at radius 3 is 1.26 bits per heavy atom. The molecule has 0 aromatic heterocycles. The van der Waals surface area contributed by atoms with Crippen molar-refractivity contribution in [3.8, 4) is 11.1 Å². The summed E-state index contributed by atoms with van der Waals surface area (Å²) < 4.78 is 0. The number of benzene rings is 2. The fourth-order valence-electron chi connectivity index (χ4n) is 1.28. The van der Waals surface area contributed by atoms with Crippen molar-refractivity contribution >= 4 is 6.16 Å². The first-order valence-corrected chi connectivity index (χ1v) is 5.05. The molecule has 0 unspecified atom stereocenters. The Bertz CT molecular complexity index is 412. The van der Waals surface area contributed by atoms with Gasteiger partial charge in [-0.15, -0.1) is 0 Å². The Morgan fingerprint density at radius 2 is 1.05 bits per heavy atom. The molecule has 2 N–H and O–H groups in total. The summed E-state index contributed by atoms with van der Waals surface area (Å²) in [5, 5.41) is 14.4. The zero-order valence-corrected chi connectivity index (χ0v) is 9.39. The third kappa shape index (κ3) is 6.21. The number of rotatable bonds is 1. The Labute approximate surface area is 111 Å². The van der Waals surface area contributed by atoms with E-state index in [1.807, 2.05) is 12.1 Å². The fourth-order valence-corrected chi connectivity index (χ4v) is 1.28. The van der Waals surface area contributed by atoms with E-state index in [4.69, 9.17) is 10.5 Å². The van der Waals surface area contributed by atoms with E-state index in [2.05, 4.69) is 58.3 Å². The third-order valence-corrected chi connectivity index (χ3v) is 2.03. The van der Waals surface area contributed by atoms with E-state index < -0.39 is 6.16 Å². The highest BCUT2D eigenvalue weighted by Gasteiger charge is 1.95. The maximum absolute atomic E-state index is 9.24. The van der Waals surface area contributed by atoms with Gasteiger partial charge in [0.25, 0.3) is 0 Å². The van der Waals surface area contributed by atoms with Gasteiger partial charge in [-0.2, -0.15) is 15.3 Å². The van der Waals surface area contributed by atoms with Crippen LogP contribution in [-0.2, 0) is 9.78 Å². The highest BCUT2D eigenvalue weighted by molar-refractivity contribution is 5.62. The number of hydrogen-bond donors (Lipinski definition) is 2. The Morgan fingerprint density at radius 1 is 0.737 bits per heavy atom. The largest absolute Gasteiger partial charge is 0.572 e. The molecule has 0 aliphatic carbocycles. The predicted octanol–water partition coefficient (Wildman–Crippen LogP) is 4.08. The van der Waals surface area contributed by atoms with E-state index in [1.165, 1.54) is 11.1 Å². The van der Waals surface area contributed by atoms with Gasteiger partial charge in [0.1, 0.15) is 0 Å². The second kappa shape index (κ2) is 9.64. The van der Waals surface area contributed by atoms with Crippen molar-refractivity contribution in [2.75, 3.05) is 0 Å². The number of carbonyl (C=O) groups excluding carboxylic acids is 1. The third-order valence-electron chi connectivity index (χ3n) is 2.03. The second-order valence-corrected chi connectivity index (χ2v) is 3.16. The van der Waals surface area contributed by atoms with Crippen LogP contribution in [0.1, 0.15) is 7.43 Å². The normalized spacial score (nSPS) is 8.32. The zero-order valence-electron chi connectivity index (χ0n) is 9.39. The van der Waals surface area contributed by atoms with E-state index in [1.54, 1.807) is 0 Å². The quantitative estimate of drug-likeness (QED) is 0.599. The molecule has 0 aliphatic rings. The van der Waals surface area contributed by atoms with Crippen LogP contribution in [0.3, 0.4) is 0 Å². The molecule has 0 fully saturated rings. The molecule has 0 atom stereocenters. The van der Waals surface area contributed by atoms with E-state index in [0.29, 0.717) is 0 Å². The van der Waals surface area contributed by atoms with Gasteiger partial charge in [-0.25, -0.2) is 0 Å². The molecule has 2 aromatic carbocycles. The lowest BCUT2D eigenvalue weighted by Gasteiger charge is -1.98. The summed E-state index contributed by atoms with van der Waals surface area (Å²) >= 11 is 0.